The van der Waals surface area contributed by atoms with E-state index in [1.807, 2.05) is 0 Å². The van der Waals surface area contributed by atoms with Gasteiger partial charge in [-0.2, -0.15) is 0 Å². The first-order chi connectivity index (χ1) is 26.8. The SMILES string of the molecule is O=C(/C=C/c1ccc(O)cc1)OC[C@H]1O[C@@](CO)(O[C@H]2O[C@H](COC(=O)/C=C/c3ccc(O)cc3)[C@@H](O)[C@H](OC(=O)/C=C/c3ccc(O)cc3)[C@H]2O)[C@@H](O)[C@@H]1O. The summed E-state index contributed by atoms with van der Waals surface area (Å²) in [6.07, 6.45) is -7.43. The van der Waals surface area contributed by atoms with Crippen LogP contribution in [0.5, 0.6) is 17.2 Å². The topological polar surface area (TPSA) is 268 Å². The van der Waals surface area contributed by atoms with E-state index in [9.17, 15) is 55.2 Å². The number of hydrogen-bond acceptors (Lipinski definition) is 17. The summed E-state index contributed by atoms with van der Waals surface area (Å²) in [5, 5.41) is 82.9. The maximum atomic E-state index is 12.9. The Morgan fingerprint density at radius 2 is 1.04 bits per heavy atom. The lowest BCUT2D eigenvalue weighted by Gasteiger charge is -2.44. The van der Waals surface area contributed by atoms with E-state index < -0.39 is 92.5 Å². The van der Waals surface area contributed by atoms with Gasteiger partial charge in [-0.3, -0.25) is 0 Å². The molecule has 2 heterocycles. The number of aromatic hydroxyl groups is 3. The Bertz CT molecular complexity index is 1870. The highest BCUT2D eigenvalue weighted by Crippen LogP contribution is 2.37. The number of ether oxygens (including phenoxy) is 6. The van der Waals surface area contributed by atoms with Crippen LogP contribution in [0.25, 0.3) is 18.2 Å². The lowest BCUT2D eigenvalue weighted by Crippen LogP contribution is -2.63. The minimum absolute atomic E-state index is 0.0113. The van der Waals surface area contributed by atoms with E-state index in [1.165, 1.54) is 91.0 Å². The molecule has 0 spiro atoms. The average molecular weight is 781 g/mol. The summed E-state index contributed by atoms with van der Waals surface area (Å²) in [4.78, 5) is 37.8. The molecule has 2 aliphatic rings. The fourth-order valence-corrected chi connectivity index (χ4v) is 5.58. The Morgan fingerprint density at radius 1 is 0.607 bits per heavy atom. The summed E-state index contributed by atoms with van der Waals surface area (Å²) in [5.41, 5.74) is 1.60. The molecule has 298 valence electrons. The maximum Gasteiger partial charge on any atom is 0.331 e. The Balaban J connectivity index is 1.29. The third-order valence-electron chi connectivity index (χ3n) is 8.63. The van der Waals surface area contributed by atoms with Gasteiger partial charge in [0.1, 0.15) is 73.7 Å². The van der Waals surface area contributed by atoms with Crippen LogP contribution in [0.3, 0.4) is 0 Å². The zero-order valence-corrected chi connectivity index (χ0v) is 29.4. The van der Waals surface area contributed by atoms with E-state index in [0.717, 1.165) is 18.2 Å². The van der Waals surface area contributed by atoms with Gasteiger partial charge in [0.05, 0.1) is 0 Å². The molecule has 5 rings (SSSR count). The lowest BCUT2D eigenvalue weighted by atomic mass is 9.98. The molecule has 9 atom stereocenters. The van der Waals surface area contributed by atoms with Crippen molar-refractivity contribution >= 4 is 36.1 Å². The van der Waals surface area contributed by atoms with Crippen molar-refractivity contribution in [3.63, 3.8) is 0 Å². The van der Waals surface area contributed by atoms with Crippen molar-refractivity contribution in [1.82, 2.24) is 0 Å². The molecule has 0 amide bonds. The van der Waals surface area contributed by atoms with Crippen molar-refractivity contribution in [2.24, 2.45) is 0 Å². The van der Waals surface area contributed by atoms with E-state index in [0.29, 0.717) is 16.7 Å². The number of hydrogen-bond donors (Lipinski definition) is 8. The van der Waals surface area contributed by atoms with Crippen molar-refractivity contribution in [2.75, 3.05) is 19.8 Å². The summed E-state index contributed by atoms with van der Waals surface area (Å²) in [6, 6.07) is 17.5. The molecule has 0 aromatic heterocycles. The van der Waals surface area contributed by atoms with Crippen LogP contribution in [-0.2, 0) is 42.8 Å². The van der Waals surface area contributed by atoms with E-state index in [-0.39, 0.29) is 17.2 Å². The molecule has 17 heteroatoms. The van der Waals surface area contributed by atoms with Crippen LogP contribution in [0, 0.1) is 0 Å². The van der Waals surface area contributed by atoms with Gasteiger partial charge in [-0.1, -0.05) is 36.4 Å². The van der Waals surface area contributed by atoms with Crippen molar-refractivity contribution < 1.29 is 83.7 Å². The summed E-state index contributed by atoms with van der Waals surface area (Å²) in [6.45, 7) is -2.50. The zero-order chi connectivity index (χ0) is 40.4. The molecule has 0 radical (unpaired) electrons. The first-order valence-corrected chi connectivity index (χ1v) is 17.1. The highest BCUT2D eigenvalue weighted by molar-refractivity contribution is 5.88. The van der Waals surface area contributed by atoms with Gasteiger partial charge in [0, 0.05) is 18.2 Å². The number of esters is 3. The first-order valence-electron chi connectivity index (χ1n) is 17.1. The number of rotatable bonds is 14. The molecular weight excluding hydrogens is 740 g/mol. The van der Waals surface area contributed by atoms with Crippen LogP contribution in [-0.4, -0.2) is 133 Å². The number of carbonyl (C=O) groups is 3. The molecule has 0 saturated carbocycles. The predicted molar refractivity (Wildman–Crippen MR) is 192 cm³/mol. The van der Waals surface area contributed by atoms with Crippen LogP contribution >= 0.6 is 0 Å². The molecule has 0 bridgehead atoms. The summed E-state index contributed by atoms with van der Waals surface area (Å²) in [5.74, 6) is -5.33. The van der Waals surface area contributed by atoms with Crippen molar-refractivity contribution in [3.05, 3.63) is 108 Å². The van der Waals surface area contributed by atoms with E-state index >= 15 is 0 Å². The molecule has 0 aliphatic carbocycles. The molecule has 2 aliphatic heterocycles. The largest absolute Gasteiger partial charge is 0.508 e. The highest BCUT2D eigenvalue weighted by atomic mass is 16.8. The molecule has 3 aromatic carbocycles. The van der Waals surface area contributed by atoms with Crippen LogP contribution < -0.4 is 0 Å². The second-order valence-corrected chi connectivity index (χ2v) is 12.6. The third kappa shape index (κ3) is 10.8. The van der Waals surface area contributed by atoms with Gasteiger partial charge < -0.3 is 69.3 Å². The normalized spacial score (nSPS) is 27.8. The number of benzene rings is 3. The number of aliphatic hydroxyl groups excluding tert-OH is 5. The zero-order valence-electron chi connectivity index (χ0n) is 29.4. The quantitative estimate of drug-likeness (QED) is 0.0629. The van der Waals surface area contributed by atoms with Gasteiger partial charge in [-0.15, -0.1) is 0 Å². The Morgan fingerprint density at radius 3 is 1.48 bits per heavy atom. The number of phenols is 3. The van der Waals surface area contributed by atoms with E-state index in [2.05, 4.69) is 0 Å². The highest BCUT2D eigenvalue weighted by Gasteiger charge is 2.59. The minimum atomic E-state index is -2.53. The van der Waals surface area contributed by atoms with Gasteiger partial charge in [0.2, 0.25) is 5.79 Å². The molecule has 8 N–H and O–H groups in total. The molecule has 17 nitrogen and oxygen atoms in total. The summed E-state index contributed by atoms with van der Waals surface area (Å²) >= 11 is 0. The van der Waals surface area contributed by atoms with Crippen LogP contribution in [0.15, 0.2) is 91.0 Å². The standard InChI is InChI=1S/C39H40O17/c40-21-39(37(50)34(48)29(55-39)20-52-31(45)17-8-23-3-12-26(42)13-4-23)56-38-35(49)36(54-32(46)18-9-24-5-14-27(43)15-6-24)33(47)28(53-38)19-51-30(44)16-7-22-1-10-25(41)11-2-22/h1-18,28-29,33-38,40-43,47-50H,19-21H2/b16-7+,17-8+,18-9+/t28-,29-,33-,34-,35-,36+,37+,38-,39+/m1/s1. The summed E-state index contributed by atoms with van der Waals surface area (Å²) < 4.78 is 32.8. The number of aliphatic hydroxyl groups is 5. The first kappa shape index (κ1) is 41.5. The summed E-state index contributed by atoms with van der Waals surface area (Å²) in [7, 11) is 0. The average Bonchev–Trinajstić information content (AvgIpc) is 3.43. The monoisotopic (exact) mass is 780 g/mol. The second-order valence-electron chi connectivity index (χ2n) is 12.6. The van der Waals surface area contributed by atoms with Gasteiger partial charge in [-0.25, -0.2) is 14.4 Å². The number of phenolic OH excluding ortho intramolecular Hbond substituents is 3. The van der Waals surface area contributed by atoms with Gasteiger partial charge >= 0.3 is 17.9 Å². The molecule has 3 aromatic rings. The molecule has 2 fully saturated rings. The lowest BCUT2D eigenvalue weighted by molar-refractivity contribution is -0.383. The van der Waals surface area contributed by atoms with Crippen LogP contribution in [0.2, 0.25) is 0 Å². The van der Waals surface area contributed by atoms with E-state index in [1.54, 1.807) is 0 Å². The molecule has 0 unspecified atom stereocenters. The van der Waals surface area contributed by atoms with Crippen molar-refractivity contribution in [2.45, 2.75) is 54.8 Å². The second kappa shape index (κ2) is 18.8. The minimum Gasteiger partial charge on any atom is -0.508 e. The van der Waals surface area contributed by atoms with Gasteiger partial charge in [0.25, 0.3) is 0 Å². The van der Waals surface area contributed by atoms with Crippen LogP contribution in [0.4, 0.5) is 0 Å². The molecular formula is C39H40O17. The van der Waals surface area contributed by atoms with Crippen LogP contribution in [0.1, 0.15) is 16.7 Å². The Kier molecular flexibility index (Phi) is 13.9. The molecule has 56 heavy (non-hydrogen) atoms. The number of carbonyl (C=O) groups excluding carboxylic acids is 3. The van der Waals surface area contributed by atoms with E-state index in [4.69, 9.17) is 28.4 Å². The maximum absolute atomic E-state index is 12.9. The van der Waals surface area contributed by atoms with Crippen molar-refractivity contribution in [1.29, 1.82) is 0 Å². The van der Waals surface area contributed by atoms with Gasteiger partial charge in [-0.05, 0) is 71.3 Å². The smallest absolute Gasteiger partial charge is 0.331 e. The Labute approximate surface area is 319 Å². The fourth-order valence-electron chi connectivity index (χ4n) is 5.58. The fraction of sp³-hybridized carbons (Fsp3) is 0.308. The Hall–Kier alpha value is -5.63. The predicted octanol–water partition coefficient (Wildman–Crippen LogP) is 0.514. The molecule has 2 saturated heterocycles. The van der Waals surface area contributed by atoms with Gasteiger partial charge in [0.15, 0.2) is 12.4 Å². The van der Waals surface area contributed by atoms with Crippen molar-refractivity contribution in [3.8, 4) is 17.2 Å². The third-order valence-corrected chi connectivity index (χ3v) is 8.63.